The van der Waals surface area contributed by atoms with Crippen molar-refractivity contribution in [3.05, 3.63) is 51.3 Å². The van der Waals surface area contributed by atoms with E-state index in [9.17, 15) is 0 Å². The third-order valence-corrected chi connectivity index (χ3v) is 5.65. The van der Waals surface area contributed by atoms with E-state index in [1.54, 1.807) is 23.1 Å². The van der Waals surface area contributed by atoms with Gasteiger partial charge in [-0.1, -0.05) is 30.0 Å². The Labute approximate surface area is 143 Å². The molecule has 0 spiro atoms. The molecule has 0 fully saturated rings. The number of hydrogen-bond donors (Lipinski definition) is 1. The Balaban J connectivity index is 1.56. The topological polar surface area (TPSA) is 54.7 Å². The minimum Gasteiger partial charge on any atom is -0.411 e. The zero-order valence-corrected chi connectivity index (χ0v) is 14.5. The molecule has 3 heterocycles. The van der Waals surface area contributed by atoms with Gasteiger partial charge in [0.15, 0.2) is 0 Å². The maximum absolute atomic E-state index is 5.78. The Morgan fingerprint density at radius 3 is 3.05 bits per heavy atom. The molecule has 22 heavy (non-hydrogen) atoms. The molecule has 0 aliphatic rings. The molecule has 0 aliphatic carbocycles. The first-order valence-electron chi connectivity index (χ1n) is 6.55. The largest absolute Gasteiger partial charge is 0.411 e. The number of thioether (sulfide) groups is 1. The van der Waals surface area contributed by atoms with Crippen LogP contribution in [0.15, 0.2) is 55.3 Å². The third-order valence-electron chi connectivity index (χ3n) is 3.21. The van der Waals surface area contributed by atoms with Crippen LogP contribution < -0.4 is 0 Å². The number of rotatable bonds is 4. The van der Waals surface area contributed by atoms with Crippen molar-refractivity contribution in [2.45, 2.75) is 11.0 Å². The van der Waals surface area contributed by atoms with Gasteiger partial charge in [-0.15, -0.1) is 21.5 Å². The normalized spacial score (nSPS) is 11.3. The van der Waals surface area contributed by atoms with E-state index in [0.717, 1.165) is 26.0 Å². The summed E-state index contributed by atoms with van der Waals surface area (Å²) < 4.78 is 6.91. The molecule has 0 saturated heterocycles. The maximum atomic E-state index is 5.78. The van der Waals surface area contributed by atoms with Crippen molar-refractivity contribution >= 4 is 49.9 Å². The highest BCUT2D eigenvalue weighted by molar-refractivity contribution is 9.11. The van der Waals surface area contributed by atoms with Crippen LogP contribution >= 0.6 is 39.0 Å². The predicted molar refractivity (Wildman–Crippen MR) is 93.2 cm³/mol. The average Bonchev–Trinajstić information content (AvgIpc) is 3.23. The van der Waals surface area contributed by atoms with Crippen molar-refractivity contribution in [1.29, 1.82) is 0 Å². The van der Waals surface area contributed by atoms with Crippen molar-refractivity contribution < 1.29 is 4.42 Å². The zero-order valence-electron chi connectivity index (χ0n) is 11.2. The fourth-order valence-electron chi connectivity index (χ4n) is 2.19. The lowest BCUT2D eigenvalue weighted by molar-refractivity contribution is 0.466. The van der Waals surface area contributed by atoms with Crippen molar-refractivity contribution in [2.24, 2.45) is 0 Å². The van der Waals surface area contributed by atoms with E-state index in [1.165, 1.54) is 5.56 Å². The lowest BCUT2D eigenvalue weighted by Gasteiger charge is -1.93. The molecular formula is C15H10BrN3OS2. The summed E-state index contributed by atoms with van der Waals surface area (Å²) in [6, 6.07) is 10.2. The highest BCUT2D eigenvalue weighted by atomic mass is 79.9. The first-order valence-corrected chi connectivity index (χ1v) is 9.21. The first kappa shape index (κ1) is 14.0. The van der Waals surface area contributed by atoms with Gasteiger partial charge in [0.25, 0.3) is 11.1 Å². The van der Waals surface area contributed by atoms with E-state index in [2.05, 4.69) is 42.6 Å². The summed E-state index contributed by atoms with van der Waals surface area (Å²) in [6.07, 6.45) is 1.91. The van der Waals surface area contributed by atoms with Crippen LogP contribution in [0.5, 0.6) is 0 Å². The Morgan fingerprint density at radius 2 is 2.18 bits per heavy atom. The molecule has 110 valence electrons. The molecule has 4 aromatic rings. The average molecular weight is 392 g/mol. The number of benzene rings is 1. The van der Waals surface area contributed by atoms with Gasteiger partial charge in [0.05, 0.1) is 9.35 Å². The van der Waals surface area contributed by atoms with E-state index in [4.69, 9.17) is 4.42 Å². The van der Waals surface area contributed by atoms with Gasteiger partial charge in [-0.05, 0) is 39.0 Å². The van der Waals surface area contributed by atoms with Gasteiger partial charge in [-0.25, -0.2) is 0 Å². The van der Waals surface area contributed by atoms with Crippen LogP contribution in [-0.4, -0.2) is 15.2 Å². The van der Waals surface area contributed by atoms with Crippen LogP contribution in [0.2, 0.25) is 0 Å². The minimum absolute atomic E-state index is 0.548. The third kappa shape index (κ3) is 2.71. The van der Waals surface area contributed by atoms with E-state index < -0.39 is 0 Å². The summed E-state index contributed by atoms with van der Waals surface area (Å²) in [5.41, 5.74) is 3.25. The van der Waals surface area contributed by atoms with Crippen LogP contribution in [0.1, 0.15) is 5.56 Å². The second kappa shape index (κ2) is 5.91. The van der Waals surface area contributed by atoms with Crippen LogP contribution in [0.3, 0.4) is 0 Å². The minimum atomic E-state index is 0.548. The van der Waals surface area contributed by atoms with E-state index in [0.29, 0.717) is 11.1 Å². The molecule has 4 rings (SSSR count). The Hall–Kier alpha value is -1.57. The van der Waals surface area contributed by atoms with Gasteiger partial charge >= 0.3 is 0 Å². The molecule has 0 saturated carbocycles. The van der Waals surface area contributed by atoms with Gasteiger partial charge in [0, 0.05) is 22.9 Å². The van der Waals surface area contributed by atoms with E-state index in [1.807, 2.05) is 30.5 Å². The summed E-state index contributed by atoms with van der Waals surface area (Å²) >= 11 is 6.69. The molecule has 0 amide bonds. The number of thiophene rings is 1. The number of hydrogen-bond acceptors (Lipinski definition) is 5. The fraction of sp³-hybridized carbons (Fsp3) is 0.0667. The molecule has 1 aromatic carbocycles. The highest BCUT2D eigenvalue weighted by Crippen LogP contribution is 2.31. The Bertz CT molecular complexity index is 928. The summed E-state index contributed by atoms with van der Waals surface area (Å²) in [4.78, 5) is 3.22. The van der Waals surface area contributed by atoms with E-state index >= 15 is 0 Å². The molecular weight excluding hydrogens is 382 g/mol. The molecule has 0 bridgehead atoms. The number of H-pyrrole nitrogens is 1. The number of nitrogens with zero attached hydrogens (tertiary/aromatic N) is 2. The first-order chi connectivity index (χ1) is 10.8. The smallest absolute Gasteiger partial charge is 0.277 e. The van der Waals surface area contributed by atoms with Gasteiger partial charge in [0.1, 0.15) is 0 Å². The molecule has 0 radical (unpaired) electrons. The molecule has 3 aromatic heterocycles. The molecule has 0 atom stereocenters. The van der Waals surface area contributed by atoms with Gasteiger partial charge in [-0.2, -0.15) is 0 Å². The number of fused-ring (bicyclic) bond motifs is 1. The number of nitrogens with one attached hydrogen (secondary N) is 1. The number of aromatic amines is 1. The number of halogens is 1. The maximum Gasteiger partial charge on any atom is 0.277 e. The van der Waals surface area contributed by atoms with Crippen LogP contribution in [0.4, 0.5) is 0 Å². The molecule has 4 nitrogen and oxygen atoms in total. The number of para-hydroxylation sites is 1. The Kier molecular flexibility index (Phi) is 3.77. The van der Waals surface area contributed by atoms with Crippen LogP contribution in [0.25, 0.3) is 22.4 Å². The monoisotopic (exact) mass is 391 g/mol. The lowest BCUT2D eigenvalue weighted by atomic mass is 10.2. The second-order valence-corrected chi connectivity index (χ2v) is 7.89. The number of aromatic nitrogens is 3. The van der Waals surface area contributed by atoms with Crippen molar-refractivity contribution in [3.63, 3.8) is 0 Å². The van der Waals surface area contributed by atoms with Crippen molar-refractivity contribution in [1.82, 2.24) is 15.2 Å². The molecule has 7 heteroatoms. The second-order valence-electron chi connectivity index (χ2n) is 4.67. The summed E-state index contributed by atoms with van der Waals surface area (Å²) in [6.45, 7) is 0. The molecule has 0 unspecified atom stereocenters. The van der Waals surface area contributed by atoms with Gasteiger partial charge in [0.2, 0.25) is 0 Å². The summed E-state index contributed by atoms with van der Waals surface area (Å²) in [5, 5.41) is 12.1. The summed E-state index contributed by atoms with van der Waals surface area (Å²) in [7, 11) is 0. The zero-order chi connectivity index (χ0) is 14.9. The van der Waals surface area contributed by atoms with E-state index in [-0.39, 0.29) is 0 Å². The summed E-state index contributed by atoms with van der Waals surface area (Å²) in [5.74, 6) is 1.36. The van der Waals surface area contributed by atoms with Crippen LogP contribution in [-0.2, 0) is 5.75 Å². The van der Waals surface area contributed by atoms with Gasteiger partial charge in [-0.3, -0.25) is 0 Å². The van der Waals surface area contributed by atoms with Crippen molar-refractivity contribution in [3.8, 4) is 11.5 Å². The highest BCUT2D eigenvalue weighted by Gasteiger charge is 2.13. The van der Waals surface area contributed by atoms with Gasteiger partial charge < -0.3 is 9.40 Å². The SMILES string of the molecule is Brc1cc(CSc2nnc(-c3c[nH]c4ccccc34)o2)cs1. The fourth-order valence-corrected chi connectivity index (χ4v) is 4.20. The van der Waals surface area contributed by atoms with Crippen LogP contribution in [0, 0.1) is 0 Å². The van der Waals surface area contributed by atoms with Crippen molar-refractivity contribution in [2.75, 3.05) is 0 Å². The standard InChI is InChI=1S/C15H10BrN3OS2/c16-13-5-9(7-21-13)8-22-15-19-18-14(20-15)11-6-17-12-4-2-1-3-10(11)12/h1-7,17H,8H2. The Morgan fingerprint density at radius 1 is 1.27 bits per heavy atom. The predicted octanol–water partition coefficient (Wildman–Crippen LogP) is 5.33. The quantitative estimate of drug-likeness (QED) is 0.477. The lowest BCUT2D eigenvalue weighted by Crippen LogP contribution is -1.76. The molecule has 0 aliphatic heterocycles. The molecule has 1 N–H and O–H groups in total.